The van der Waals surface area contributed by atoms with Crippen molar-refractivity contribution in [2.75, 3.05) is 0 Å². The molecule has 3 heteroatoms. The minimum Gasteiger partial charge on any atom is -0.322 e. The maximum atomic E-state index is 4.46. The number of aromatic nitrogens is 2. The van der Waals surface area contributed by atoms with Crippen molar-refractivity contribution in [3.8, 4) is 0 Å². The van der Waals surface area contributed by atoms with E-state index < -0.39 is 0 Å². The van der Waals surface area contributed by atoms with Crippen LogP contribution in [0.3, 0.4) is 0 Å². The summed E-state index contributed by atoms with van der Waals surface area (Å²) in [4.78, 5) is 4.46. The number of hydrogen-bond donors (Lipinski definition) is 0. The van der Waals surface area contributed by atoms with Crippen LogP contribution < -0.4 is 0 Å². The maximum Gasteiger partial charge on any atom is 0.152 e. The Balaban J connectivity index is 0.000000322. The van der Waals surface area contributed by atoms with Crippen LogP contribution in [0, 0.1) is 5.92 Å². The van der Waals surface area contributed by atoms with Gasteiger partial charge in [0.1, 0.15) is 0 Å². The van der Waals surface area contributed by atoms with Gasteiger partial charge in [-0.2, -0.15) is 0 Å². The fourth-order valence-electron chi connectivity index (χ4n) is 2.11. The fourth-order valence-corrected chi connectivity index (χ4v) is 2.92. The lowest BCUT2D eigenvalue weighted by Crippen LogP contribution is -1.99. The van der Waals surface area contributed by atoms with Crippen molar-refractivity contribution in [3.63, 3.8) is 0 Å². The maximum absolute atomic E-state index is 4.46. The zero-order valence-electron chi connectivity index (χ0n) is 14.3. The summed E-state index contributed by atoms with van der Waals surface area (Å²) in [6.07, 6.45) is 0. The number of rotatable bonds is 1. The predicted molar refractivity (Wildman–Crippen MR) is 97.4 cm³/mol. The highest BCUT2D eigenvalue weighted by Gasteiger charge is 2.13. The summed E-state index contributed by atoms with van der Waals surface area (Å²) >= 11 is 1.72. The van der Waals surface area contributed by atoms with Gasteiger partial charge in [0.15, 0.2) is 5.65 Å². The second-order valence-corrected chi connectivity index (χ2v) is 6.57. The molecule has 0 saturated heterocycles. The van der Waals surface area contributed by atoms with Crippen molar-refractivity contribution in [3.05, 3.63) is 29.8 Å². The van der Waals surface area contributed by atoms with Crippen LogP contribution in [0.25, 0.3) is 21.3 Å². The van der Waals surface area contributed by atoms with Crippen molar-refractivity contribution >= 4 is 32.6 Å². The normalized spacial score (nSPS) is 10.5. The number of nitrogens with zero attached hydrogens (tertiary/aromatic N) is 2. The molecular weight excluding hydrogens is 276 g/mol. The number of thiazole rings is 1. The van der Waals surface area contributed by atoms with E-state index in [0.717, 1.165) is 11.6 Å². The summed E-state index contributed by atoms with van der Waals surface area (Å²) in [5.74, 6) is 0.833. The van der Waals surface area contributed by atoms with Gasteiger partial charge in [-0.05, 0) is 25.8 Å². The Kier molecular flexibility index (Phi) is 6.90. The molecule has 0 amide bonds. The first kappa shape index (κ1) is 17.7. The molecule has 3 aromatic rings. The summed E-state index contributed by atoms with van der Waals surface area (Å²) in [7, 11) is 0. The third-order valence-corrected chi connectivity index (χ3v) is 3.55. The molecule has 0 spiro atoms. The summed E-state index contributed by atoms with van der Waals surface area (Å²) in [5, 5.41) is 1.32. The van der Waals surface area contributed by atoms with E-state index in [9.17, 15) is 0 Å². The Morgan fingerprint density at radius 2 is 1.57 bits per heavy atom. The van der Waals surface area contributed by atoms with Gasteiger partial charge in [-0.3, -0.25) is 0 Å². The average Bonchev–Trinajstić information content (AvgIpc) is 2.99. The van der Waals surface area contributed by atoms with Crippen LogP contribution in [0.5, 0.6) is 0 Å². The first-order chi connectivity index (χ1) is 10.0. The molecule has 0 unspecified atom stereocenters. The minimum absolute atomic E-state index is 0.453. The van der Waals surface area contributed by atoms with Crippen molar-refractivity contribution in [1.29, 1.82) is 0 Å². The van der Waals surface area contributed by atoms with Crippen LogP contribution in [-0.4, -0.2) is 9.55 Å². The molecule has 0 atom stereocenters. The molecule has 0 bridgehead atoms. The number of benzene rings is 1. The van der Waals surface area contributed by atoms with E-state index >= 15 is 0 Å². The highest BCUT2D eigenvalue weighted by atomic mass is 32.1. The smallest absolute Gasteiger partial charge is 0.152 e. The molecule has 2 heterocycles. The van der Waals surface area contributed by atoms with E-state index in [-0.39, 0.29) is 0 Å². The second kappa shape index (κ2) is 8.18. The van der Waals surface area contributed by atoms with Crippen molar-refractivity contribution in [2.45, 2.75) is 54.5 Å². The topological polar surface area (TPSA) is 17.8 Å². The van der Waals surface area contributed by atoms with Gasteiger partial charge in [-0.1, -0.05) is 52.8 Å². The van der Waals surface area contributed by atoms with Crippen LogP contribution in [0.4, 0.5) is 0 Å². The van der Waals surface area contributed by atoms with Gasteiger partial charge in [-0.15, -0.1) is 11.3 Å². The van der Waals surface area contributed by atoms with Gasteiger partial charge in [-0.25, -0.2) is 4.98 Å². The third-order valence-electron chi connectivity index (χ3n) is 2.70. The Labute approximate surface area is 132 Å². The lowest BCUT2D eigenvalue weighted by Gasteiger charge is -2.09. The molecule has 0 radical (unpaired) electrons. The van der Waals surface area contributed by atoms with Crippen LogP contribution in [0.2, 0.25) is 0 Å². The van der Waals surface area contributed by atoms with Crippen molar-refractivity contribution < 1.29 is 0 Å². The van der Waals surface area contributed by atoms with E-state index in [4.69, 9.17) is 0 Å². The molecule has 0 aliphatic rings. The fraction of sp³-hybridized carbons (Fsp3) is 0.500. The Bertz CT molecular complexity index is 659. The first-order valence-electron chi connectivity index (χ1n) is 7.84. The highest BCUT2D eigenvalue weighted by Crippen LogP contribution is 2.33. The molecule has 0 N–H and O–H groups in total. The zero-order chi connectivity index (χ0) is 16.0. The van der Waals surface area contributed by atoms with E-state index in [2.05, 4.69) is 68.4 Å². The number of fused-ring (bicyclic) bond motifs is 3. The van der Waals surface area contributed by atoms with E-state index in [1.165, 1.54) is 15.6 Å². The van der Waals surface area contributed by atoms with Crippen LogP contribution >= 0.6 is 11.3 Å². The van der Waals surface area contributed by atoms with Crippen molar-refractivity contribution in [1.82, 2.24) is 9.55 Å². The van der Waals surface area contributed by atoms with Crippen molar-refractivity contribution in [2.24, 2.45) is 5.92 Å². The summed E-state index contributed by atoms with van der Waals surface area (Å²) < 4.78 is 3.61. The minimum atomic E-state index is 0.453. The monoisotopic (exact) mass is 304 g/mol. The molecular formula is C18H28N2S. The summed E-state index contributed by atoms with van der Waals surface area (Å²) in [6.45, 7) is 14.9. The van der Waals surface area contributed by atoms with Crippen LogP contribution in [0.1, 0.15) is 54.5 Å². The van der Waals surface area contributed by atoms with Crippen LogP contribution in [0.15, 0.2) is 29.8 Å². The van der Waals surface area contributed by atoms with Gasteiger partial charge >= 0.3 is 0 Å². The molecule has 0 aliphatic carbocycles. The van der Waals surface area contributed by atoms with E-state index in [1.807, 2.05) is 19.4 Å². The predicted octanol–water partition coefficient (Wildman–Crippen LogP) is 6.52. The summed E-state index contributed by atoms with van der Waals surface area (Å²) in [6, 6.07) is 8.98. The third kappa shape index (κ3) is 4.07. The Morgan fingerprint density at radius 1 is 1.00 bits per heavy atom. The van der Waals surface area contributed by atoms with Gasteiger partial charge in [0.2, 0.25) is 0 Å². The lowest BCUT2D eigenvalue weighted by atomic mass is 10.2. The van der Waals surface area contributed by atoms with Gasteiger partial charge in [0.05, 0.1) is 15.7 Å². The standard InChI is InChI=1S/C12H12N2S.C4H10.C2H6/c1-8(2)14-10-6-4-3-5-9(10)11-12(14)13-7-15-11;1-4(2)3;1-2/h3-8H,1-2H3;4H,1-3H3;1-2H3. The van der Waals surface area contributed by atoms with Gasteiger partial charge < -0.3 is 4.57 Å². The second-order valence-electron chi connectivity index (χ2n) is 5.72. The van der Waals surface area contributed by atoms with Gasteiger partial charge in [0, 0.05) is 11.4 Å². The van der Waals surface area contributed by atoms with E-state index in [1.54, 1.807) is 11.3 Å². The molecule has 2 nitrogen and oxygen atoms in total. The molecule has 0 aliphatic heterocycles. The quantitative estimate of drug-likeness (QED) is 0.500. The largest absolute Gasteiger partial charge is 0.322 e. The summed E-state index contributed by atoms with van der Waals surface area (Å²) in [5.41, 5.74) is 4.34. The lowest BCUT2D eigenvalue weighted by molar-refractivity contribution is 0.638. The molecule has 0 fully saturated rings. The highest BCUT2D eigenvalue weighted by molar-refractivity contribution is 7.17. The average molecular weight is 305 g/mol. The number of hydrogen-bond acceptors (Lipinski definition) is 2. The molecule has 2 aromatic heterocycles. The Morgan fingerprint density at radius 3 is 2.14 bits per heavy atom. The SMILES string of the molecule is CC.CC(C)C.CC(C)n1c2ccccc2c2scnc21. The molecule has 3 rings (SSSR count). The van der Waals surface area contributed by atoms with Gasteiger partial charge in [0.25, 0.3) is 0 Å². The van der Waals surface area contributed by atoms with E-state index in [0.29, 0.717) is 6.04 Å². The Hall–Kier alpha value is -1.35. The molecule has 0 saturated carbocycles. The first-order valence-corrected chi connectivity index (χ1v) is 8.72. The zero-order valence-corrected chi connectivity index (χ0v) is 15.2. The van der Waals surface area contributed by atoms with Crippen LogP contribution in [-0.2, 0) is 0 Å². The molecule has 116 valence electrons. The molecule has 1 aromatic carbocycles. The molecule has 21 heavy (non-hydrogen) atoms. The number of para-hydroxylation sites is 1.